The minimum absolute atomic E-state index is 0.693. The van der Waals surface area contributed by atoms with E-state index in [1.807, 2.05) is 7.11 Å². The molecule has 0 bridgehead atoms. The van der Waals surface area contributed by atoms with E-state index in [4.69, 9.17) is 4.74 Å². The van der Waals surface area contributed by atoms with Gasteiger partial charge in [-0.3, -0.25) is 0 Å². The third-order valence-corrected chi connectivity index (χ3v) is 5.28. The molecule has 2 aliphatic carbocycles. The second-order valence-electron chi connectivity index (χ2n) is 6.35. The van der Waals surface area contributed by atoms with Crippen LogP contribution in [0, 0.1) is 11.8 Å². The second-order valence-corrected chi connectivity index (χ2v) is 6.35. The van der Waals surface area contributed by atoms with Crippen LogP contribution in [0.25, 0.3) is 0 Å². The van der Waals surface area contributed by atoms with E-state index in [1.165, 1.54) is 43.2 Å². The van der Waals surface area contributed by atoms with Crippen LogP contribution in [0.5, 0.6) is 5.75 Å². The van der Waals surface area contributed by atoms with Gasteiger partial charge in [0.2, 0.25) is 0 Å². The van der Waals surface area contributed by atoms with Gasteiger partial charge >= 0.3 is 0 Å². The lowest BCUT2D eigenvalue weighted by Gasteiger charge is -2.42. The van der Waals surface area contributed by atoms with E-state index in [0.29, 0.717) is 5.92 Å². The molecular formula is C20H26O. The first kappa shape index (κ1) is 14.4. The molecule has 0 unspecified atom stereocenters. The Balaban J connectivity index is 1.91. The van der Waals surface area contributed by atoms with E-state index in [9.17, 15) is 0 Å². The van der Waals surface area contributed by atoms with Gasteiger partial charge in [-0.15, -0.1) is 0 Å². The van der Waals surface area contributed by atoms with Crippen LogP contribution in [0.15, 0.2) is 42.5 Å². The van der Waals surface area contributed by atoms with Crippen LogP contribution in [0.3, 0.4) is 0 Å². The van der Waals surface area contributed by atoms with E-state index < -0.39 is 0 Å². The summed E-state index contributed by atoms with van der Waals surface area (Å²) in [5.74, 6) is 3.33. The number of fused-ring (bicyclic) bond motifs is 3. The molecule has 1 aromatic carbocycles. The summed E-state index contributed by atoms with van der Waals surface area (Å²) in [6, 6.07) is 6.58. The summed E-state index contributed by atoms with van der Waals surface area (Å²) < 4.78 is 5.67. The molecule has 21 heavy (non-hydrogen) atoms. The smallest absolute Gasteiger partial charge is 0.122 e. The average Bonchev–Trinajstić information content (AvgIpc) is 2.54. The van der Waals surface area contributed by atoms with Gasteiger partial charge in [-0.2, -0.15) is 0 Å². The highest BCUT2D eigenvalue weighted by molar-refractivity contribution is 5.45. The predicted molar refractivity (Wildman–Crippen MR) is 88.8 cm³/mol. The van der Waals surface area contributed by atoms with Crippen LogP contribution in [0.2, 0.25) is 0 Å². The molecule has 0 spiro atoms. The summed E-state index contributed by atoms with van der Waals surface area (Å²) in [5.41, 5.74) is 3.04. The van der Waals surface area contributed by atoms with Crippen molar-refractivity contribution >= 4 is 0 Å². The van der Waals surface area contributed by atoms with Crippen molar-refractivity contribution in [3.63, 3.8) is 0 Å². The maximum atomic E-state index is 5.67. The van der Waals surface area contributed by atoms with Crippen molar-refractivity contribution in [1.82, 2.24) is 0 Å². The molecule has 3 atom stereocenters. The molecule has 1 aromatic rings. The number of hydrogen-bond donors (Lipinski definition) is 0. The summed E-state index contributed by atoms with van der Waals surface area (Å²) in [7, 11) is 1.81. The Morgan fingerprint density at radius 3 is 2.86 bits per heavy atom. The maximum Gasteiger partial charge on any atom is 0.122 e. The molecule has 3 rings (SSSR count). The van der Waals surface area contributed by atoms with E-state index in [-0.39, 0.29) is 0 Å². The van der Waals surface area contributed by atoms with Crippen LogP contribution in [-0.2, 0) is 6.42 Å². The maximum absolute atomic E-state index is 5.67. The van der Waals surface area contributed by atoms with Gasteiger partial charge in [-0.1, -0.05) is 42.9 Å². The quantitative estimate of drug-likeness (QED) is 0.686. The van der Waals surface area contributed by atoms with Crippen molar-refractivity contribution in [2.75, 3.05) is 7.11 Å². The zero-order valence-electron chi connectivity index (χ0n) is 13.2. The molecule has 1 saturated carbocycles. The van der Waals surface area contributed by atoms with Gasteiger partial charge in [0.1, 0.15) is 5.75 Å². The van der Waals surface area contributed by atoms with Gasteiger partial charge < -0.3 is 4.74 Å². The van der Waals surface area contributed by atoms with Crippen molar-refractivity contribution in [2.45, 2.75) is 44.9 Å². The minimum Gasteiger partial charge on any atom is -0.496 e. The van der Waals surface area contributed by atoms with Crippen molar-refractivity contribution in [2.24, 2.45) is 11.8 Å². The summed E-state index contributed by atoms with van der Waals surface area (Å²) in [6.45, 7) is 2.08. The number of benzene rings is 1. The Labute approximate surface area is 128 Å². The third-order valence-electron chi connectivity index (χ3n) is 5.28. The molecule has 0 radical (unpaired) electrons. The van der Waals surface area contributed by atoms with E-state index in [2.05, 4.69) is 49.4 Å². The molecule has 0 aromatic heterocycles. The first-order valence-corrected chi connectivity index (χ1v) is 8.30. The van der Waals surface area contributed by atoms with Gasteiger partial charge in [0.05, 0.1) is 7.11 Å². The number of methoxy groups -OCH3 is 1. The van der Waals surface area contributed by atoms with Gasteiger partial charge in [0, 0.05) is 5.56 Å². The zero-order valence-corrected chi connectivity index (χ0v) is 13.2. The molecule has 1 nitrogen and oxygen atoms in total. The lowest BCUT2D eigenvalue weighted by molar-refractivity contribution is 0.212. The van der Waals surface area contributed by atoms with Crippen LogP contribution >= 0.6 is 0 Å². The fraction of sp³-hybridized carbons (Fsp3) is 0.500. The van der Waals surface area contributed by atoms with Gasteiger partial charge in [-0.05, 0) is 62.0 Å². The Morgan fingerprint density at radius 1 is 1.14 bits per heavy atom. The molecule has 112 valence electrons. The van der Waals surface area contributed by atoms with E-state index in [0.717, 1.165) is 17.6 Å². The van der Waals surface area contributed by atoms with Gasteiger partial charge in [0.15, 0.2) is 0 Å². The number of aryl methyl sites for hydroxylation is 1. The first-order chi connectivity index (χ1) is 10.3. The van der Waals surface area contributed by atoms with Crippen LogP contribution < -0.4 is 4.74 Å². The normalized spacial score (nSPS) is 28.6. The first-order valence-electron chi connectivity index (χ1n) is 8.30. The third kappa shape index (κ3) is 2.79. The molecule has 0 N–H and O–H groups in total. The lowest BCUT2D eigenvalue weighted by Crippen LogP contribution is -2.30. The van der Waals surface area contributed by atoms with Crippen molar-refractivity contribution < 1.29 is 4.74 Å². The minimum atomic E-state index is 0.693. The van der Waals surface area contributed by atoms with Crippen LogP contribution in [0.1, 0.15) is 49.7 Å². The number of ether oxygens (including phenoxy) is 1. The molecule has 2 aliphatic rings. The fourth-order valence-corrected chi connectivity index (χ4v) is 4.36. The Bertz CT molecular complexity index is 527. The summed E-state index contributed by atoms with van der Waals surface area (Å²) in [6.07, 6.45) is 15.5. The van der Waals surface area contributed by atoms with Crippen LogP contribution in [0.4, 0.5) is 0 Å². The Hall–Kier alpha value is -1.50. The summed E-state index contributed by atoms with van der Waals surface area (Å²) in [5, 5.41) is 0. The highest BCUT2D eigenvalue weighted by Gasteiger charge is 2.37. The molecular weight excluding hydrogens is 256 g/mol. The summed E-state index contributed by atoms with van der Waals surface area (Å²) in [4.78, 5) is 0. The highest BCUT2D eigenvalue weighted by Crippen LogP contribution is 2.50. The average molecular weight is 282 g/mol. The van der Waals surface area contributed by atoms with E-state index >= 15 is 0 Å². The fourth-order valence-electron chi connectivity index (χ4n) is 4.36. The number of hydrogen-bond acceptors (Lipinski definition) is 1. The second kappa shape index (κ2) is 6.51. The number of rotatable bonds is 3. The van der Waals surface area contributed by atoms with Crippen molar-refractivity contribution in [1.29, 1.82) is 0 Å². The number of allylic oxidation sites excluding steroid dienone is 4. The van der Waals surface area contributed by atoms with Gasteiger partial charge in [-0.25, -0.2) is 0 Å². The highest BCUT2D eigenvalue weighted by atomic mass is 16.5. The predicted octanol–water partition coefficient (Wildman–Crippen LogP) is 5.27. The Morgan fingerprint density at radius 2 is 2.05 bits per heavy atom. The molecule has 0 amide bonds. The van der Waals surface area contributed by atoms with E-state index in [1.54, 1.807) is 0 Å². The zero-order chi connectivity index (χ0) is 14.7. The molecule has 1 fully saturated rings. The van der Waals surface area contributed by atoms with Gasteiger partial charge in [0.25, 0.3) is 0 Å². The van der Waals surface area contributed by atoms with Crippen molar-refractivity contribution in [3.8, 4) is 5.75 Å². The van der Waals surface area contributed by atoms with Crippen molar-refractivity contribution in [3.05, 3.63) is 53.6 Å². The molecule has 0 heterocycles. The molecule has 1 heteroatoms. The standard InChI is InChI=1S/C20H26O/c1-3-4-5-8-15-9-6-11-18-17(15)14-13-16-10-7-12-19(21-2)20(16)18/h3-5,7-8,10,12,15,17-18H,6,9,11,13-14H2,1-2H3/b4-3+,8-5+/t15-,17+,18+/m0/s1. The molecule has 0 saturated heterocycles. The monoisotopic (exact) mass is 282 g/mol. The largest absolute Gasteiger partial charge is 0.496 e. The SMILES string of the molecule is C/C=C/C=C/[C@H]1CCC[C@H]2c3c(cccc3OC)CC[C@H]12. The topological polar surface area (TPSA) is 9.23 Å². The lowest BCUT2D eigenvalue weighted by atomic mass is 9.63. The Kier molecular flexibility index (Phi) is 4.48. The summed E-state index contributed by atoms with van der Waals surface area (Å²) >= 11 is 0. The van der Waals surface area contributed by atoms with Crippen LogP contribution in [-0.4, -0.2) is 7.11 Å². The molecule has 0 aliphatic heterocycles.